The highest BCUT2D eigenvalue weighted by Gasteiger charge is 2.19. The van der Waals surface area contributed by atoms with Crippen LogP contribution in [0.5, 0.6) is 0 Å². The second kappa shape index (κ2) is 7.24. The van der Waals surface area contributed by atoms with Crippen molar-refractivity contribution in [1.29, 1.82) is 0 Å². The fourth-order valence-corrected chi connectivity index (χ4v) is 2.02. The van der Waals surface area contributed by atoms with Gasteiger partial charge in [0.25, 0.3) is 5.91 Å². The summed E-state index contributed by atoms with van der Waals surface area (Å²) < 4.78 is 4.70. The zero-order valence-electron chi connectivity index (χ0n) is 11.8. The number of ether oxygens (including phenoxy) is 1. The lowest BCUT2D eigenvalue weighted by Gasteiger charge is -2.18. The minimum Gasteiger partial charge on any atom is -0.469 e. The molecule has 0 aromatic heterocycles. The Hall–Kier alpha value is -2.62. The number of amides is 1. The van der Waals surface area contributed by atoms with Gasteiger partial charge in [0.1, 0.15) is 0 Å². The van der Waals surface area contributed by atoms with Crippen LogP contribution in [0.3, 0.4) is 0 Å². The number of rotatable bonds is 5. The summed E-state index contributed by atoms with van der Waals surface area (Å²) in [6.45, 7) is 0. The van der Waals surface area contributed by atoms with Gasteiger partial charge in [-0.3, -0.25) is 9.59 Å². The fourth-order valence-electron chi connectivity index (χ4n) is 2.02. The second-order valence-corrected chi connectivity index (χ2v) is 4.58. The summed E-state index contributed by atoms with van der Waals surface area (Å²) in [5.74, 6) is -0.578. The average Bonchev–Trinajstić information content (AvgIpc) is 2.55. The van der Waals surface area contributed by atoms with Gasteiger partial charge in [-0.2, -0.15) is 0 Å². The molecule has 0 unspecified atom stereocenters. The average molecular weight is 283 g/mol. The van der Waals surface area contributed by atoms with Gasteiger partial charge in [-0.05, 0) is 17.7 Å². The van der Waals surface area contributed by atoms with E-state index in [2.05, 4.69) is 5.32 Å². The van der Waals surface area contributed by atoms with Crippen LogP contribution in [-0.4, -0.2) is 19.0 Å². The summed E-state index contributed by atoms with van der Waals surface area (Å²) in [7, 11) is 1.34. The van der Waals surface area contributed by atoms with E-state index in [-0.39, 0.29) is 18.3 Å². The molecule has 2 rings (SSSR count). The molecular weight excluding hydrogens is 266 g/mol. The molecule has 0 aliphatic heterocycles. The predicted octanol–water partition coefficient (Wildman–Crippen LogP) is 2.72. The maximum absolute atomic E-state index is 12.2. The van der Waals surface area contributed by atoms with Crippen molar-refractivity contribution < 1.29 is 14.3 Å². The van der Waals surface area contributed by atoms with Crippen LogP contribution in [0.25, 0.3) is 0 Å². The van der Waals surface area contributed by atoms with Gasteiger partial charge in [-0.25, -0.2) is 0 Å². The van der Waals surface area contributed by atoms with Crippen LogP contribution in [0.4, 0.5) is 0 Å². The van der Waals surface area contributed by atoms with E-state index in [1.54, 1.807) is 24.3 Å². The van der Waals surface area contributed by atoms with E-state index in [1.165, 1.54) is 7.11 Å². The molecule has 1 atom stereocenters. The lowest BCUT2D eigenvalue weighted by Crippen LogP contribution is -2.30. The van der Waals surface area contributed by atoms with Crippen molar-refractivity contribution in [3.05, 3.63) is 71.8 Å². The highest BCUT2D eigenvalue weighted by Crippen LogP contribution is 2.18. The third-order valence-corrected chi connectivity index (χ3v) is 3.14. The Bertz CT molecular complexity index is 596. The molecule has 1 amide bonds. The largest absolute Gasteiger partial charge is 0.469 e. The van der Waals surface area contributed by atoms with Crippen molar-refractivity contribution in [3.8, 4) is 0 Å². The molecule has 2 aromatic carbocycles. The molecule has 4 heteroatoms. The Balaban J connectivity index is 2.16. The maximum Gasteiger partial charge on any atom is 0.307 e. The van der Waals surface area contributed by atoms with Crippen LogP contribution in [0.2, 0.25) is 0 Å². The first kappa shape index (κ1) is 14.8. The van der Waals surface area contributed by atoms with Gasteiger partial charge < -0.3 is 10.1 Å². The van der Waals surface area contributed by atoms with Crippen molar-refractivity contribution in [2.24, 2.45) is 0 Å². The van der Waals surface area contributed by atoms with Gasteiger partial charge in [0.05, 0.1) is 19.6 Å². The number of carbonyl (C=O) groups is 2. The Labute approximate surface area is 123 Å². The van der Waals surface area contributed by atoms with Crippen LogP contribution in [-0.2, 0) is 9.53 Å². The first-order chi connectivity index (χ1) is 10.2. The number of esters is 1. The number of carbonyl (C=O) groups excluding carboxylic acids is 2. The van der Waals surface area contributed by atoms with Crippen LogP contribution < -0.4 is 5.32 Å². The lowest BCUT2D eigenvalue weighted by atomic mass is 10.0. The van der Waals surface area contributed by atoms with E-state index in [9.17, 15) is 9.59 Å². The molecule has 0 radical (unpaired) electrons. The van der Waals surface area contributed by atoms with Gasteiger partial charge in [0.15, 0.2) is 0 Å². The van der Waals surface area contributed by atoms with Crippen molar-refractivity contribution in [1.82, 2.24) is 5.32 Å². The number of nitrogens with one attached hydrogen (secondary N) is 1. The Morgan fingerprint density at radius 2 is 1.57 bits per heavy atom. The maximum atomic E-state index is 12.2. The van der Waals surface area contributed by atoms with Crippen LogP contribution in [0, 0.1) is 0 Å². The molecule has 0 aliphatic rings. The first-order valence-electron chi connectivity index (χ1n) is 6.68. The van der Waals surface area contributed by atoms with E-state index in [0.717, 1.165) is 5.56 Å². The third-order valence-electron chi connectivity index (χ3n) is 3.14. The summed E-state index contributed by atoms with van der Waals surface area (Å²) in [5, 5.41) is 2.88. The number of hydrogen-bond acceptors (Lipinski definition) is 3. The first-order valence-corrected chi connectivity index (χ1v) is 6.68. The molecular formula is C17H17NO3. The second-order valence-electron chi connectivity index (χ2n) is 4.58. The van der Waals surface area contributed by atoms with Crippen molar-refractivity contribution >= 4 is 11.9 Å². The summed E-state index contributed by atoms with van der Waals surface area (Å²) in [5.41, 5.74) is 1.43. The molecule has 4 nitrogen and oxygen atoms in total. The summed E-state index contributed by atoms with van der Waals surface area (Å²) >= 11 is 0. The summed E-state index contributed by atoms with van der Waals surface area (Å²) in [6.07, 6.45) is 0.0963. The standard InChI is InChI=1S/C17H17NO3/c1-21-16(19)12-15(13-8-4-2-5-9-13)18-17(20)14-10-6-3-7-11-14/h2-11,15H,12H2,1H3,(H,18,20)/t15-/m0/s1. The molecule has 0 bridgehead atoms. The monoisotopic (exact) mass is 283 g/mol. The van der Waals surface area contributed by atoms with E-state index in [0.29, 0.717) is 5.56 Å². The van der Waals surface area contributed by atoms with Crippen molar-refractivity contribution in [2.45, 2.75) is 12.5 Å². The number of methoxy groups -OCH3 is 1. The zero-order chi connectivity index (χ0) is 15.1. The number of hydrogen-bond donors (Lipinski definition) is 1. The minimum absolute atomic E-state index is 0.0963. The van der Waals surface area contributed by atoms with Crippen LogP contribution in [0.1, 0.15) is 28.4 Å². The molecule has 0 saturated heterocycles. The molecule has 1 N–H and O–H groups in total. The highest BCUT2D eigenvalue weighted by molar-refractivity contribution is 5.94. The van der Waals surface area contributed by atoms with Crippen molar-refractivity contribution in [2.75, 3.05) is 7.11 Å². The van der Waals surface area contributed by atoms with E-state index >= 15 is 0 Å². The predicted molar refractivity (Wildman–Crippen MR) is 79.7 cm³/mol. The molecule has 0 heterocycles. The van der Waals surface area contributed by atoms with Gasteiger partial charge in [-0.15, -0.1) is 0 Å². The SMILES string of the molecule is COC(=O)C[C@H](NC(=O)c1ccccc1)c1ccccc1. The molecule has 0 fully saturated rings. The van der Waals surface area contributed by atoms with Gasteiger partial charge in [-0.1, -0.05) is 48.5 Å². The van der Waals surface area contributed by atoms with Gasteiger partial charge in [0.2, 0.25) is 0 Å². The quantitative estimate of drug-likeness (QED) is 0.858. The molecule has 0 saturated carbocycles. The fraction of sp³-hybridized carbons (Fsp3) is 0.176. The van der Waals surface area contributed by atoms with Gasteiger partial charge in [0, 0.05) is 5.56 Å². The smallest absolute Gasteiger partial charge is 0.307 e. The minimum atomic E-state index is -0.411. The third kappa shape index (κ3) is 4.18. The van der Waals surface area contributed by atoms with E-state index < -0.39 is 6.04 Å². The van der Waals surface area contributed by atoms with E-state index in [1.807, 2.05) is 36.4 Å². The van der Waals surface area contributed by atoms with Crippen LogP contribution >= 0.6 is 0 Å². The molecule has 21 heavy (non-hydrogen) atoms. The lowest BCUT2D eigenvalue weighted by molar-refractivity contribution is -0.141. The summed E-state index contributed by atoms with van der Waals surface area (Å²) in [6, 6.07) is 17.9. The number of benzene rings is 2. The molecule has 108 valence electrons. The Morgan fingerprint density at radius 3 is 2.14 bits per heavy atom. The zero-order valence-corrected chi connectivity index (χ0v) is 11.8. The summed E-state index contributed by atoms with van der Waals surface area (Å²) in [4.78, 5) is 23.8. The molecule has 2 aromatic rings. The Morgan fingerprint density at radius 1 is 1.00 bits per heavy atom. The van der Waals surface area contributed by atoms with E-state index in [4.69, 9.17) is 4.74 Å². The molecule has 0 aliphatic carbocycles. The topological polar surface area (TPSA) is 55.4 Å². The highest BCUT2D eigenvalue weighted by atomic mass is 16.5. The normalized spacial score (nSPS) is 11.5. The Kier molecular flexibility index (Phi) is 5.10. The van der Waals surface area contributed by atoms with Crippen LogP contribution in [0.15, 0.2) is 60.7 Å². The van der Waals surface area contributed by atoms with Gasteiger partial charge >= 0.3 is 5.97 Å². The molecule has 0 spiro atoms. The van der Waals surface area contributed by atoms with Crippen molar-refractivity contribution in [3.63, 3.8) is 0 Å².